The van der Waals surface area contributed by atoms with E-state index in [1.54, 1.807) is 7.11 Å². The Morgan fingerprint density at radius 3 is 2.56 bits per heavy atom. The molecule has 0 amide bonds. The normalized spacial score (nSPS) is 10.5. The van der Waals surface area contributed by atoms with Crippen LogP contribution in [0.1, 0.15) is 17.5 Å². The molecule has 0 atom stereocenters. The zero-order valence-corrected chi connectivity index (χ0v) is 10.2. The summed E-state index contributed by atoms with van der Waals surface area (Å²) in [4.78, 5) is 12.5. The van der Waals surface area contributed by atoms with Gasteiger partial charge in [0, 0.05) is 18.5 Å². The zero-order valence-electron chi connectivity index (χ0n) is 10.2. The SMILES string of the molecule is COc1c(CCC=O)cccc1CN(C)C. The first-order chi connectivity index (χ1) is 7.69. The molecular formula is C13H19NO2. The summed E-state index contributed by atoms with van der Waals surface area (Å²) in [6, 6.07) is 6.09. The number of nitrogens with zero attached hydrogens (tertiary/aromatic N) is 1. The van der Waals surface area contributed by atoms with Crippen LogP contribution < -0.4 is 4.74 Å². The Kier molecular flexibility index (Phi) is 4.99. The Morgan fingerprint density at radius 1 is 1.31 bits per heavy atom. The van der Waals surface area contributed by atoms with Gasteiger partial charge in [-0.3, -0.25) is 0 Å². The maximum absolute atomic E-state index is 10.4. The predicted molar refractivity (Wildman–Crippen MR) is 64.8 cm³/mol. The summed E-state index contributed by atoms with van der Waals surface area (Å²) in [5.41, 5.74) is 2.27. The lowest BCUT2D eigenvalue weighted by Crippen LogP contribution is -2.12. The lowest BCUT2D eigenvalue weighted by molar-refractivity contribution is -0.107. The molecule has 0 fully saturated rings. The molecular weight excluding hydrogens is 202 g/mol. The summed E-state index contributed by atoms with van der Waals surface area (Å²) in [7, 11) is 5.73. The molecule has 3 nitrogen and oxygen atoms in total. The molecule has 1 rings (SSSR count). The van der Waals surface area contributed by atoms with E-state index < -0.39 is 0 Å². The van der Waals surface area contributed by atoms with Gasteiger partial charge in [0.2, 0.25) is 0 Å². The Labute approximate surface area is 97.0 Å². The maximum Gasteiger partial charge on any atom is 0.126 e. The van der Waals surface area contributed by atoms with Gasteiger partial charge in [0.05, 0.1) is 7.11 Å². The van der Waals surface area contributed by atoms with E-state index in [4.69, 9.17) is 4.74 Å². The van der Waals surface area contributed by atoms with Crippen molar-refractivity contribution in [2.24, 2.45) is 0 Å². The molecule has 0 bridgehead atoms. The van der Waals surface area contributed by atoms with Crippen LogP contribution in [0.25, 0.3) is 0 Å². The van der Waals surface area contributed by atoms with Gasteiger partial charge in [0.1, 0.15) is 12.0 Å². The zero-order chi connectivity index (χ0) is 12.0. The first-order valence-electron chi connectivity index (χ1n) is 5.42. The van der Waals surface area contributed by atoms with Crippen molar-refractivity contribution >= 4 is 6.29 Å². The summed E-state index contributed by atoms with van der Waals surface area (Å²) in [5, 5.41) is 0. The monoisotopic (exact) mass is 221 g/mol. The van der Waals surface area contributed by atoms with E-state index in [2.05, 4.69) is 11.0 Å². The standard InChI is InChI=1S/C13H19NO2/c1-14(2)10-12-7-4-6-11(8-5-9-15)13(12)16-3/h4,6-7,9H,5,8,10H2,1-3H3. The van der Waals surface area contributed by atoms with Crippen LogP contribution in [0, 0.1) is 0 Å². The van der Waals surface area contributed by atoms with Crippen molar-refractivity contribution in [3.8, 4) is 5.75 Å². The molecule has 0 radical (unpaired) electrons. The van der Waals surface area contributed by atoms with Crippen molar-refractivity contribution in [3.63, 3.8) is 0 Å². The summed E-state index contributed by atoms with van der Waals surface area (Å²) in [5.74, 6) is 0.915. The van der Waals surface area contributed by atoms with E-state index in [0.29, 0.717) is 6.42 Å². The summed E-state index contributed by atoms with van der Waals surface area (Å²) in [6.07, 6.45) is 2.23. The van der Waals surface area contributed by atoms with E-state index in [1.165, 1.54) is 0 Å². The molecule has 1 aromatic rings. The highest BCUT2D eigenvalue weighted by Crippen LogP contribution is 2.25. The van der Waals surface area contributed by atoms with E-state index in [0.717, 1.165) is 36.1 Å². The van der Waals surface area contributed by atoms with Crippen LogP contribution in [0.3, 0.4) is 0 Å². The lowest BCUT2D eigenvalue weighted by Gasteiger charge is -2.16. The molecule has 3 heteroatoms. The number of hydrogen-bond donors (Lipinski definition) is 0. The van der Waals surface area contributed by atoms with Crippen LogP contribution in [0.2, 0.25) is 0 Å². The maximum atomic E-state index is 10.4. The minimum Gasteiger partial charge on any atom is -0.496 e. The van der Waals surface area contributed by atoms with E-state index in [1.807, 2.05) is 26.2 Å². The molecule has 0 spiro atoms. The Balaban J connectivity index is 2.95. The summed E-state index contributed by atoms with van der Waals surface area (Å²) in [6.45, 7) is 0.845. The Hall–Kier alpha value is -1.35. The van der Waals surface area contributed by atoms with Crippen LogP contribution >= 0.6 is 0 Å². The molecule has 16 heavy (non-hydrogen) atoms. The number of rotatable bonds is 6. The van der Waals surface area contributed by atoms with Crippen molar-refractivity contribution in [1.29, 1.82) is 0 Å². The number of carbonyl (C=O) groups excluding carboxylic acids is 1. The topological polar surface area (TPSA) is 29.5 Å². The fourth-order valence-electron chi connectivity index (χ4n) is 1.78. The van der Waals surface area contributed by atoms with E-state index >= 15 is 0 Å². The Bertz CT molecular complexity index is 348. The third kappa shape index (κ3) is 3.35. The predicted octanol–water partition coefficient (Wildman–Crippen LogP) is 1.89. The molecule has 1 aromatic carbocycles. The largest absolute Gasteiger partial charge is 0.496 e. The smallest absolute Gasteiger partial charge is 0.126 e. The molecule has 0 aromatic heterocycles. The average Bonchev–Trinajstić information content (AvgIpc) is 2.25. The molecule has 0 heterocycles. The quantitative estimate of drug-likeness (QED) is 0.687. The highest BCUT2D eigenvalue weighted by Gasteiger charge is 2.08. The van der Waals surface area contributed by atoms with Crippen molar-refractivity contribution in [2.45, 2.75) is 19.4 Å². The average molecular weight is 221 g/mol. The molecule has 0 saturated heterocycles. The first-order valence-corrected chi connectivity index (χ1v) is 5.42. The van der Waals surface area contributed by atoms with Gasteiger partial charge in [0.15, 0.2) is 0 Å². The van der Waals surface area contributed by atoms with Crippen molar-refractivity contribution in [1.82, 2.24) is 4.90 Å². The number of aldehydes is 1. The second kappa shape index (κ2) is 6.28. The van der Waals surface area contributed by atoms with Crippen molar-refractivity contribution in [2.75, 3.05) is 21.2 Å². The fourth-order valence-corrected chi connectivity index (χ4v) is 1.78. The van der Waals surface area contributed by atoms with Crippen molar-refractivity contribution < 1.29 is 9.53 Å². The molecule has 0 N–H and O–H groups in total. The van der Waals surface area contributed by atoms with Crippen LogP contribution in [-0.4, -0.2) is 32.4 Å². The van der Waals surface area contributed by atoms with Crippen LogP contribution in [0.4, 0.5) is 0 Å². The number of aryl methyl sites for hydroxylation is 1. The second-order valence-electron chi connectivity index (χ2n) is 4.05. The molecule has 0 saturated carbocycles. The minimum atomic E-state index is 0.543. The summed E-state index contributed by atoms with van der Waals surface area (Å²) < 4.78 is 5.43. The van der Waals surface area contributed by atoms with E-state index in [9.17, 15) is 4.79 Å². The van der Waals surface area contributed by atoms with Gasteiger partial charge in [-0.25, -0.2) is 0 Å². The number of hydrogen-bond acceptors (Lipinski definition) is 3. The van der Waals surface area contributed by atoms with Crippen molar-refractivity contribution in [3.05, 3.63) is 29.3 Å². The molecule has 0 unspecified atom stereocenters. The first kappa shape index (κ1) is 12.7. The van der Waals surface area contributed by atoms with Gasteiger partial charge in [0.25, 0.3) is 0 Å². The Morgan fingerprint density at radius 2 is 2.00 bits per heavy atom. The highest BCUT2D eigenvalue weighted by molar-refractivity contribution is 5.51. The molecule has 0 aliphatic heterocycles. The molecule has 0 aliphatic carbocycles. The highest BCUT2D eigenvalue weighted by atomic mass is 16.5. The third-order valence-corrected chi connectivity index (χ3v) is 2.40. The van der Waals surface area contributed by atoms with Gasteiger partial charge in [-0.1, -0.05) is 18.2 Å². The second-order valence-corrected chi connectivity index (χ2v) is 4.05. The molecule has 88 valence electrons. The summed E-state index contributed by atoms with van der Waals surface area (Å²) >= 11 is 0. The van der Waals surface area contributed by atoms with Gasteiger partial charge < -0.3 is 14.4 Å². The van der Waals surface area contributed by atoms with Gasteiger partial charge in [-0.2, -0.15) is 0 Å². The number of para-hydroxylation sites is 1. The fraction of sp³-hybridized carbons (Fsp3) is 0.462. The third-order valence-electron chi connectivity index (χ3n) is 2.40. The molecule has 0 aliphatic rings. The van der Waals surface area contributed by atoms with Gasteiger partial charge >= 0.3 is 0 Å². The van der Waals surface area contributed by atoms with Gasteiger partial charge in [-0.15, -0.1) is 0 Å². The number of carbonyl (C=O) groups is 1. The van der Waals surface area contributed by atoms with Crippen LogP contribution in [-0.2, 0) is 17.8 Å². The number of methoxy groups -OCH3 is 1. The van der Waals surface area contributed by atoms with Gasteiger partial charge in [-0.05, 0) is 26.1 Å². The minimum absolute atomic E-state index is 0.543. The number of benzene rings is 1. The van der Waals surface area contributed by atoms with E-state index in [-0.39, 0.29) is 0 Å². The lowest BCUT2D eigenvalue weighted by atomic mass is 10.0. The van der Waals surface area contributed by atoms with Crippen LogP contribution in [0.5, 0.6) is 5.75 Å². The van der Waals surface area contributed by atoms with Crippen LogP contribution in [0.15, 0.2) is 18.2 Å². The number of ether oxygens (including phenoxy) is 1.